The Kier molecular flexibility index (Phi) is 3.87. The van der Waals surface area contributed by atoms with E-state index in [1.54, 1.807) is 17.3 Å². The summed E-state index contributed by atoms with van der Waals surface area (Å²) < 4.78 is 0. The van der Waals surface area contributed by atoms with Gasteiger partial charge in [-0.25, -0.2) is 0 Å². The number of hydrogen-bond acceptors (Lipinski definition) is 4. The van der Waals surface area contributed by atoms with E-state index in [9.17, 15) is 4.79 Å². The van der Waals surface area contributed by atoms with Crippen LogP contribution in [0, 0.1) is 0 Å². The third-order valence-corrected chi connectivity index (χ3v) is 3.95. The van der Waals surface area contributed by atoms with Crippen LogP contribution in [0.1, 0.15) is 25.5 Å². The average Bonchev–Trinajstić information content (AvgIpc) is 2.41. The summed E-state index contributed by atoms with van der Waals surface area (Å²) in [6.45, 7) is 6.00. The lowest BCUT2D eigenvalue weighted by Gasteiger charge is -2.48. The first kappa shape index (κ1) is 14.0. The molecule has 5 heteroatoms. The topological polar surface area (TPSA) is 62.5 Å². The highest BCUT2D eigenvalue weighted by Gasteiger charge is 2.43. The number of carbonyl (C=O) groups excluding carboxylic acids is 1. The molecule has 2 heterocycles. The zero-order chi connectivity index (χ0) is 14.0. The van der Waals surface area contributed by atoms with Crippen molar-refractivity contribution in [3.63, 3.8) is 0 Å². The molecule has 0 aromatic carbocycles. The van der Waals surface area contributed by atoms with Crippen LogP contribution in [0.5, 0.6) is 0 Å². The van der Waals surface area contributed by atoms with Crippen molar-refractivity contribution in [3.05, 3.63) is 30.1 Å². The van der Waals surface area contributed by atoms with E-state index in [1.807, 2.05) is 33.0 Å². The molecule has 1 aliphatic heterocycles. The number of hydrogen-bond donors (Lipinski definition) is 1. The molecule has 1 amide bonds. The molecule has 5 nitrogen and oxygen atoms in total. The Hall–Kier alpha value is -1.46. The Balaban J connectivity index is 2.31. The van der Waals surface area contributed by atoms with Gasteiger partial charge in [-0.1, -0.05) is 0 Å². The number of nitrogens with zero attached hydrogens (tertiary/aromatic N) is 3. The monoisotopic (exact) mass is 262 g/mol. The van der Waals surface area contributed by atoms with Crippen molar-refractivity contribution in [1.82, 2.24) is 14.8 Å². The van der Waals surface area contributed by atoms with Gasteiger partial charge in [-0.3, -0.25) is 14.7 Å². The van der Waals surface area contributed by atoms with E-state index in [0.29, 0.717) is 6.54 Å². The second kappa shape index (κ2) is 5.27. The van der Waals surface area contributed by atoms with Gasteiger partial charge in [-0.15, -0.1) is 0 Å². The van der Waals surface area contributed by atoms with Crippen LogP contribution in [-0.4, -0.2) is 52.9 Å². The van der Waals surface area contributed by atoms with Crippen LogP contribution in [0.4, 0.5) is 0 Å². The lowest BCUT2D eigenvalue weighted by Crippen LogP contribution is -2.63. The van der Waals surface area contributed by atoms with Crippen LogP contribution in [-0.2, 0) is 4.79 Å². The number of aromatic nitrogens is 1. The summed E-state index contributed by atoms with van der Waals surface area (Å²) >= 11 is 0. The zero-order valence-electron chi connectivity index (χ0n) is 11.8. The molecule has 0 bridgehead atoms. The summed E-state index contributed by atoms with van der Waals surface area (Å²) in [5, 5.41) is 0. The Morgan fingerprint density at radius 1 is 1.37 bits per heavy atom. The predicted octanol–water partition coefficient (Wildman–Crippen LogP) is 0.634. The Bertz CT molecular complexity index is 446. The molecule has 0 radical (unpaired) electrons. The first-order chi connectivity index (χ1) is 8.98. The predicted molar refractivity (Wildman–Crippen MR) is 74.5 cm³/mol. The summed E-state index contributed by atoms with van der Waals surface area (Å²) in [5.41, 5.74) is 6.54. The van der Waals surface area contributed by atoms with Crippen molar-refractivity contribution in [2.75, 3.05) is 26.7 Å². The van der Waals surface area contributed by atoms with Gasteiger partial charge in [0.1, 0.15) is 0 Å². The number of likely N-dealkylation sites (N-methyl/N-ethyl adjacent to an activating group) is 1. The second-order valence-electron chi connectivity index (χ2n) is 5.51. The smallest absolute Gasteiger partial charge is 0.242 e. The maximum absolute atomic E-state index is 12.3. The maximum atomic E-state index is 12.3. The fourth-order valence-electron chi connectivity index (χ4n) is 2.80. The molecule has 0 saturated carbocycles. The number of carbonyl (C=O) groups is 1. The molecule has 2 rings (SSSR count). The number of piperazine rings is 1. The van der Waals surface area contributed by atoms with Gasteiger partial charge < -0.3 is 10.6 Å². The Labute approximate surface area is 114 Å². The molecule has 1 aliphatic rings. The quantitative estimate of drug-likeness (QED) is 0.868. The minimum atomic E-state index is -0.527. The van der Waals surface area contributed by atoms with E-state index in [-0.39, 0.29) is 11.9 Å². The highest BCUT2D eigenvalue weighted by molar-refractivity contribution is 5.86. The lowest BCUT2D eigenvalue weighted by molar-refractivity contribution is -0.149. The summed E-state index contributed by atoms with van der Waals surface area (Å²) in [4.78, 5) is 20.4. The maximum Gasteiger partial charge on any atom is 0.242 e. The second-order valence-corrected chi connectivity index (χ2v) is 5.51. The zero-order valence-corrected chi connectivity index (χ0v) is 11.8. The van der Waals surface area contributed by atoms with E-state index < -0.39 is 5.54 Å². The minimum absolute atomic E-state index is 0.0515. The highest BCUT2D eigenvalue weighted by atomic mass is 16.2. The van der Waals surface area contributed by atoms with E-state index >= 15 is 0 Å². The summed E-state index contributed by atoms with van der Waals surface area (Å²) in [7, 11) is 1.85. The van der Waals surface area contributed by atoms with Crippen molar-refractivity contribution in [2.45, 2.75) is 25.4 Å². The number of rotatable bonds is 3. The standard InChI is InChI=1S/C14H22N4O/c1-14(2)13(19)17(3)8-9-18(14)12(10-15)11-4-6-16-7-5-11/h4-7,12H,8-10,15H2,1-3H3. The van der Waals surface area contributed by atoms with Crippen molar-refractivity contribution in [3.8, 4) is 0 Å². The highest BCUT2D eigenvalue weighted by Crippen LogP contribution is 2.31. The van der Waals surface area contributed by atoms with E-state index in [1.165, 1.54) is 0 Å². The van der Waals surface area contributed by atoms with Crippen LogP contribution in [0.15, 0.2) is 24.5 Å². The van der Waals surface area contributed by atoms with Crippen LogP contribution >= 0.6 is 0 Å². The summed E-state index contributed by atoms with van der Waals surface area (Å²) in [6, 6.07) is 3.99. The lowest BCUT2D eigenvalue weighted by atomic mass is 9.93. The SMILES string of the molecule is CN1CCN(C(CN)c2ccncc2)C(C)(C)C1=O. The van der Waals surface area contributed by atoms with Gasteiger partial charge >= 0.3 is 0 Å². The molecule has 2 N–H and O–H groups in total. The van der Waals surface area contributed by atoms with Gasteiger partial charge in [-0.05, 0) is 31.5 Å². The molecular formula is C14H22N4O. The average molecular weight is 262 g/mol. The van der Waals surface area contributed by atoms with Crippen molar-refractivity contribution in [1.29, 1.82) is 0 Å². The van der Waals surface area contributed by atoms with Gasteiger partial charge in [-0.2, -0.15) is 0 Å². The third-order valence-electron chi connectivity index (χ3n) is 3.95. The fraction of sp³-hybridized carbons (Fsp3) is 0.571. The molecule has 1 fully saturated rings. The molecule has 1 aromatic heterocycles. The van der Waals surface area contributed by atoms with E-state index in [0.717, 1.165) is 18.7 Å². The molecule has 104 valence electrons. The molecule has 0 spiro atoms. The van der Waals surface area contributed by atoms with Gasteiger partial charge in [0.15, 0.2) is 0 Å². The van der Waals surface area contributed by atoms with Crippen LogP contribution in [0.2, 0.25) is 0 Å². The Morgan fingerprint density at radius 3 is 2.58 bits per heavy atom. The molecule has 19 heavy (non-hydrogen) atoms. The molecule has 0 aliphatic carbocycles. The first-order valence-electron chi connectivity index (χ1n) is 6.60. The van der Waals surface area contributed by atoms with Gasteiger partial charge in [0.25, 0.3) is 0 Å². The van der Waals surface area contributed by atoms with Crippen molar-refractivity contribution < 1.29 is 4.79 Å². The summed E-state index contributed by atoms with van der Waals surface area (Å²) in [6.07, 6.45) is 3.53. The molecule has 1 atom stereocenters. The Morgan fingerprint density at radius 2 is 2.00 bits per heavy atom. The van der Waals surface area contributed by atoms with E-state index in [4.69, 9.17) is 5.73 Å². The van der Waals surface area contributed by atoms with Gasteiger partial charge in [0.2, 0.25) is 5.91 Å². The molecule has 1 saturated heterocycles. The minimum Gasteiger partial charge on any atom is -0.343 e. The first-order valence-corrected chi connectivity index (χ1v) is 6.60. The van der Waals surface area contributed by atoms with Gasteiger partial charge in [0, 0.05) is 45.1 Å². The molecular weight excluding hydrogens is 240 g/mol. The normalized spacial score (nSPS) is 21.5. The van der Waals surface area contributed by atoms with E-state index in [2.05, 4.69) is 9.88 Å². The number of nitrogens with two attached hydrogens (primary N) is 1. The van der Waals surface area contributed by atoms with Crippen LogP contribution in [0.25, 0.3) is 0 Å². The summed E-state index contributed by atoms with van der Waals surface area (Å²) in [5.74, 6) is 0.145. The van der Waals surface area contributed by atoms with Crippen LogP contribution < -0.4 is 5.73 Å². The molecule has 1 unspecified atom stereocenters. The fourth-order valence-corrected chi connectivity index (χ4v) is 2.80. The third kappa shape index (κ3) is 2.48. The number of amides is 1. The van der Waals surface area contributed by atoms with Crippen molar-refractivity contribution in [2.24, 2.45) is 5.73 Å². The van der Waals surface area contributed by atoms with Crippen LogP contribution in [0.3, 0.4) is 0 Å². The molecule has 1 aromatic rings. The van der Waals surface area contributed by atoms with Crippen molar-refractivity contribution >= 4 is 5.91 Å². The largest absolute Gasteiger partial charge is 0.343 e. The van der Waals surface area contributed by atoms with Gasteiger partial charge in [0.05, 0.1) is 5.54 Å². The number of pyridine rings is 1.